The van der Waals surface area contributed by atoms with Gasteiger partial charge in [0.1, 0.15) is 0 Å². The SMILES string of the molecule is CN=C(NCC1(CCOC)CC1)N1CCC2(CCC2)C1.I. The highest BCUT2D eigenvalue weighted by Crippen LogP contribution is 2.49. The van der Waals surface area contributed by atoms with Crippen molar-refractivity contribution in [2.45, 2.75) is 44.9 Å². The minimum atomic E-state index is 0. The van der Waals surface area contributed by atoms with Gasteiger partial charge in [-0.2, -0.15) is 0 Å². The zero-order chi connectivity index (χ0) is 14.1. The molecule has 1 heterocycles. The fourth-order valence-electron chi connectivity index (χ4n) is 3.81. The summed E-state index contributed by atoms with van der Waals surface area (Å²) in [4.78, 5) is 6.98. The third-order valence-electron chi connectivity index (χ3n) is 5.78. The first-order valence-corrected chi connectivity index (χ1v) is 8.16. The standard InChI is InChI=1S/C16H29N3O.HI/c1-17-14(18-12-15(6-7-15)9-11-20-2)19-10-8-16(13-19)4-3-5-16;/h3-13H2,1-2H3,(H,17,18);1H. The van der Waals surface area contributed by atoms with E-state index in [1.54, 1.807) is 7.11 Å². The molecule has 4 nitrogen and oxygen atoms in total. The number of halogens is 1. The Labute approximate surface area is 146 Å². The molecule has 2 saturated carbocycles. The van der Waals surface area contributed by atoms with Crippen LogP contribution in [0.25, 0.3) is 0 Å². The van der Waals surface area contributed by atoms with E-state index in [0.29, 0.717) is 10.8 Å². The van der Waals surface area contributed by atoms with Crippen molar-refractivity contribution in [3.63, 3.8) is 0 Å². The van der Waals surface area contributed by atoms with E-state index in [2.05, 4.69) is 15.2 Å². The van der Waals surface area contributed by atoms with E-state index in [-0.39, 0.29) is 24.0 Å². The molecule has 122 valence electrons. The van der Waals surface area contributed by atoms with Crippen LogP contribution in [0.15, 0.2) is 4.99 Å². The number of likely N-dealkylation sites (tertiary alicyclic amines) is 1. The molecule has 5 heteroatoms. The first kappa shape index (κ1) is 17.3. The highest BCUT2D eigenvalue weighted by Gasteiger charge is 2.45. The normalized spacial score (nSPS) is 25.4. The summed E-state index contributed by atoms with van der Waals surface area (Å²) in [6.07, 6.45) is 9.51. The lowest BCUT2D eigenvalue weighted by molar-refractivity contribution is 0.151. The quantitative estimate of drug-likeness (QED) is 0.433. The van der Waals surface area contributed by atoms with Crippen molar-refractivity contribution in [1.82, 2.24) is 10.2 Å². The second-order valence-electron chi connectivity index (χ2n) is 7.17. The molecule has 0 aromatic heterocycles. The second-order valence-corrected chi connectivity index (χ2v) is 7.17. The maximum atomic E-state index is 5.23. The highest BCUT2D eigenvalue weighted by molar-refractivity contribution is 14.0. The summed E-state index contributed by atoms with van der Waals surface area (Å²) >= 11 is 0. The van der Waals surface area contributed by atoms with E-state index in [1.807, 2.05) is 7.05 Å². The summed E-state index contributed by atoms with van der Waals surface area (Å²) in [5.41, 5.74) is 1.13. The van der Waals surface area contributed by atoms with E-state index in [0.717, 1.165) is 19.1 Å². The van der Waals surface area contributed by atoms with Gasteiger partial charge >= 0.3 is 0 Å². The Bertz CT molecular complexity index is 378. The van der Waals surface area contributed by atoms with Crippen molar-refractivity contribution < 1.29 is 4.74 Å². The summed E-state index contributed by atoms with van der Waals surface area (Å²) in [5, 5.41) is 3.63. The molecule has 21 heavy (non-hydrogen) atoms. The fraction of sp³-hybridized carbons (Fsp3) is 0.938. The Balaban J connectivity index is 0.00000161. The molecule has 3 fully saturated rings. The minimum Gasteiger partial charge on any atom is -0.385 e. The Morgan fingerprint density at radius 2 is 2.00 bits per heavy atom. The molecule has 1 aliphatic heterocycles. The van der Waals surface area contributed by atoms with Crippen LogP contribution >= 0.6 is 24.0 Å². The smallest absolute Gasteiger partial charge is 0.193 e. The lowest BCUT2D eigenvalue weighted by Crippen LogP contribution is -2.44. The van der Waals surface area contributed by atoms with E-state index in [4.69, 9.17) is 4.74 Å². The van der Waals surface area contributed by atoms with Crippen molar-refractivity contribution >= 4 is 29.9 Å². The Morgan fingerprint density at radius 1 is 1.24 bits per heavy atom. The van der Waals surface area contributed by atoms with Gasteiger partial charge in [0.2, 0.25) is 0 Å². The van der Waals surface area contributed by atoms with E-state index in [1.165, 1.54) is 58.0 Å². The van der Waals surface area contributed by atoms with Crippen LogP contribution in [0.1, 0.15) is 44.9 Å². The molecular formula is C16H30IN3O. The number of hydrogen-bond acceptors (Lipinski definition) is 2. The molecule has 0 aromatic rings. The van der Waals surface area contributed by atoms with Crippen LogP contribution in [0.4, 0.5) is 0 Å². The topological polar surface area (TPSA) is 36.9 Å². The first-order valence-electron chi connectivity index (χ1n) is 8.16. The van der Waals surface area contributed by atoms with Crippen molar-refractivity contribution in [3.05, 3.63) is 0 Å². The summed E-state index contributed by atoms with van der Waals surface area (Å²) in [6, 6.07) is 0. The number of rotatable bonds is 5. The largest absolute Gasteiger partial charge is 0.385 e. The molecule has 0 amide bonds. The van der Waals surface area contributed by atoms with E-state index >= 15 is 0 Å². The maximum absolute atomic E-state index is 5.23. The molecule has 0 unspecified atom stereocenters. The molecule has 0 radical (unpaired) electrons. The second kappa shape index (κ2) is 7.02. The number of aliphatic imine (C=N–C) groups is 1. The van der Waals surface area contributed by atoms with Crippen LogP contribution in [-0.4, -0.2) is 51.3 Å². The predicted molar refractivity (Wildman–Crippen MR) is 97.4 cm³/mol. The molecule has 3 rings (SSSR count). The van der Waals surface area contributed by atoms with Crippen molar-refractivity contribution in [1.29, 1.82) is 0 Å². The molecule has 1 saturated heterocycles. The van der Waals surface area contributed by atoms with Crippen molar-refractivity contribution in [3.8, 4) is 0 Å². The Morgan fingerprint density at radius 3 is 2.48 bits per heavy atom. The van der Waals surface area contributed by atoms with Crippen LogP contribution in [0.2, 0.25) is 0 Å². The molecule has 0 atom stereocenters. The van der Waals surface area contributed by atoms with Gasteiger partial charge in [0.05, 0.1) is 0 Å². The average molecular weight is 407 g/mol. The van der Waals surface area contributed by atoms with Gasteiger partial charge in [-0.1, -0.05) is 6.42 Å². The van der Waals surface area contributed by atoms with Gasteiger partial charge < -0.3 is 15.0 Å². The molecular weight excluding hydrogens is 377 g/mol. The van der Waals surface area contributed by atoms with Crippen LogP contribution in [0, 0.1) is 10.8 Å². The number of ether oxygens (including phenoxy) is 1. The zero-order valence-electron chi connectivity index (χ0n) is 13.5. The Hall–Kier alpha value is -0.0400. The molecule has 1 N–H and O–H groups in total. The number of nitrogens with zero attached hydrogens (tertiary/aromatic N) is 2. The molecule has 2 aliphatic carbocycles. The predicted octanol–water partition coefficient (Wildman–Crippen LogP) is 2.87. The van der Waals surface area contributed by atoms with E-state index < -0.39 is 0 Å². The van der Waals surface area contributed by atoms with Crippen molar-refractivity contribution in [2.24, 2.45) is 15.8 Å². The minimum absolute atomic E-state index is 0. The number of nitrogens with one attached hydrogen (secondary N) is 1. The number of guanidine groups is 1. The Kier molecular flexibility index (Phi) is 5.79. The monoisotopic (exact) mass is 407 g/mol. The molecule has 1 spiro atoms. The highest BCUT2D eigenvalue weighted by atomic mass is 127. The zero-order valence-corrected chi connectivity index (χ0v) is 15.8. The van der Waals surface area contributed by atoms with Gasteiger partial charge in [0, 0.05) is 40.4 Å². The summed E-state index contributed by atoms with van der Waals surface area (Å²) in [5.74, 6) is 1.12. The summed E-state index contributed by atoms with van der Waals surface area (Å²) in [6.45, 7) is 4.35. The van der Waals surface area contributed by atoms with Gasteiger partial charge in [-0.15, -0.1) is 24.0 Å². The lowest BCUT2D eigenvalue weighted by Gasteiger charge is -2.38. The summed E-state index contributed by atoms with van der Waals surface area (Å²) in [7, 11) is 3.72. The molecule has 0 bridgehead atoms. The van der Waals surface area contributed by atoms with Crippen LogP contribution in [0.3, 0.4) is 0 Å². The lowest BCUT2D eigenvalue weighted by atomic mass is 9.68. The van der Waals surface area contributed by atoms with Gasteiger partial charge in [-0.25, -0.2) is 0 Å². The maximum Gasteiger partial charge on any atom is 0.193 e. The first-order chi connectivity index (χ1) is 9.71. The molecule has 3 aliphatic rings. The third kappa shape index (κ3) is 3.84. The van der Waals surface area contributed by atoms with Crippen LogP contribution in [-0.2, 0) is 4.74 Å². The number of hydrogen-bond donors (Lipinski definition) is 1. The van der Waals surface area contributed by atoms with Crippen LogP contribution in [0.5, 0.6) is 0 Å². The van der Waals surface area contributed by atoms with Crippen molar-refractivity contribution in [2.75, 3.05) is 40.4 Å². The average Bonchev–Trinajstić information content (AvgIpc) is 3.04. The van der Waals surface area contributed by atoms with Crippen LogP contribution < -0.4 is 5.32 Å². The molecule has 0 aromatic carbocycles. The summed E-state index contributed by atoms with van der Waals surface area (Å²) < 4.78 is 5.23. The van der Waals surface area contributed by atoms with Gasteiger partial charge in [0.15, 0.2) is 5.96 Å². The van der Waals surface area contributed by atoms with Gasteiger partial charge in [-0.3, -0.25) is 4.99 Å². The fourth-order valence-corrected chi connectivity index (χ4v) is 3.81. The van der Waals surface area contributed by atoms with Gasteiger partial charge in [-0.05, 0) is 49.4 Å². The number of methoxy groups -OCH3 is 1. The van der Waals surface area contributed by atoms with E-state index in [9.17, 15) is 0 Å². The van der Waals surface area contributed by atoms with Gasteiger partial charge in [0.25, 0.3) is 0 Å². The third-order valence-corrected chi connectivity index (χ3v) is 5.78.